The molecule has 0 aromatic carbocycles. The van der Waals surface area contributed by atoms with E-state index in [1.807, 2.05) is 18.7 Å². The van der Waals surface area contributed by atoms with E-state index in [0.717, 1.165) is 49.9 Å². The maximum Gasteiger partial charge on any atom is 0.191 e. The van der Waals surface area contributed by atoms with E-state index in [0.29, 0.717) is 0 Å². The zero-order valence-corrected chi connectivity index (χ0v) is 19.7. The number of nitrogens with zero attached hydrogens (tertiary/aromatic N) is 5. The van der Waals surface area contributed by atoms with Crippen LogP contribution in [0.4, 0.5) is 5.13 Å². The first-order valence-corrected chi connectivity index (χ1v) is 10.1. The van der Waals surface area contributed by atoms with Crippen LogP contribution in [0.1, 0.15) is 35.5 Å². The topological polar surface area (TPSA) is 70.4 Å². The van der Waals surface area contributed by atoms with Crippen LogP contribution in [-0.2, 0) is 20.0 Å². The number of halogens is 1. The third-order valence-electron chi connectivity index (χ3n) is 4.90. The molecule has 3 rings (SSSR count). The molecule has 3 heterocycles. The number of hydrogen-bond donors (Lipinski definition) is 2. The van der Waals surface area contributed by atoms with Crippen molar-refractivity contribution >= 4 is 46.4 Å². The molecule has 27 heavy (non-hydrogen) atoms. The van der Waals surface area contributed by atoms with E-state index >= 15 is 0 Å². The van der Waals surface area contributed by atoms with E-state index in [-0.39, 0.29) is 24.0 Å². The van der Waals surface area contributed by atoms with Crippen LogP contribution in [0.2, 0.25) is 0 Å². The lowest BCUT2D eigenvalue weighted by atomic mass is 10.2. The highest BCUT2D eigenvalue weighted by atomic mass is 127. The lowest BCUT2D eigenvalue weighted by Gasteiger charge is -2.13. The average Bonchev–Trinajstić information content (AvgIpc) is 3.35. The standard InChI is InChI=1S/C18H29N7S.HI/c1-13-16(14(2)24(4)23-13)11-21-17(19-3)20-8-7-15-12-26-18(22-15)25-9-5-6-10-25;/h12H,5-11H2,1-4H3,(H2,19,20,21);1H. The fraction of sp³-hybridized carbons (Fsp3) is 0.611. The van der Waals surface area contributed by atoms with Crippen LogP contribution in [0, 0.1) is 13.8 Å². The molecule has 0 bridgehead atoms. The van der Waals surface area contributed by atoms with Gasteiger partial charge in [0.25, 0.3) is 0 Å². The molecule has 0 unspecified atom stereocenters. The van der Waals surface area contributed by atoms with Gasteiger partial charge >= 0.3 is 0 Å². The van der Waals surface area contributed by atoms with Crippen molar-refractivity contribution in [2.75, 3.05) is 31.6 Å². The van der Waals surface area contributed by atoms with Crippen LogP contribution in [0.5, 0.6) is 0 Å². The molecule has 2 aromatic rings. The third-order valence-corrected chi connectivity index (χ3v) is 5.86. The lowest BCUT2D eigenvalue weighted by Crippen LogP contribution is -2.38. The van der Waals surface area contributed by atoms with E-state index in [2.05, 4.69) is 37.9 Å². The molecule has 2 N–H and O–H groups in total. The number of thiazole rings is 1. The SMILES string of the molecule is CN=C(NCCc1csc(N2CCCC2)n1)NCc1c(C)nn(C)c1C.I. The van der Waals surface area contributed by atoms with Gasteiger partial charge < -0.3 is 15.5 Å². The third kappa shape index (κ3) is 5.56. The van der Waals surface area contributed by atoms with Gasteiger partial charge in [-0.3, -0.25) is 9.67 Å². The summed E-state index contributed by atoms with van der Waals surface area (Å²) in [6.45, 7) is 7.96. The van der Waals surface area contributed by atoms with E-state index in [4.69, 9.17) is 4.98 Å². The van der Waals surface area contributed by atoms with E-state index in [1.54, 1.807) is 18.4 Å². The summed E-state index contributed by atoms with van der Waals surface area (Å²) in [7, 11) is 3.77. The highest BCUT2D eigenvalue weighted by Crippen LogP contribution is 2.24. The molecule has 2 aromatic heterocycles. The first-order valence-electron chi connectivity index (χ1n) is 9.21. The summed E-state index contributed by atoms with van der Waals surface area (Å²) in [6, 6.07) is 0. The first kappa shape index (κ1) is 21.9. The summed E-state index contributed by atoms with van der Waals surface area (Å²) < 4.78 is 1.92. The van der Waals surface area contributed by atoms with Gasteiger partial charge in [-0.05, 0) is 26.7 Å². The van der Waals surface area contributed by atoms with Crippen LogP contribution in [0.3, 0.4) is 0 Å². The van der Waals surface area contributed by atoms with Crippen molar-refractivity contribution in [3.63, 3.8) is 0 Å². The Balaban J connectivity index is 0.00000261. The molecule has 150 valence electrons. The summed E-state index contributed by atoms with van der Waals surface area (Å²) in [5.74, 6) is 0.808. The molecule has 0 saturated carbocycles. The molecule has 1 aliphatic rings. The summed E-state index contributed by atoms with van der Waals surface area (Å²) >= 11 is 1.76. The summed E-state index contributed by atoms with van der Waals surface area (Å²) in [5.41, 5.74) is 4.62. The lowest BCUT2D eigenvalue weighted by molar-refractivity contribution is 0.728. The molecule has 0 aliphatic carbocycles. The Bertz CT molecular complexity index is 762. The number of anilines is 1. The minimum Gasteiger partial charge on any atom is -0.356 e. The van der Waals surface area contributed by atoms with E-state index in [9.17, 15) is 0 Å². The molecule has 0 atom stereocenters. The van der Waals surface area contributed by atoms with Crippen LogP contribution in [0.15, 0.2) is 10.4 Å². The maximum atomic E-state index is 4.77. The number of hydrogen-bond acceptors (Lipinski definition) is 5. The van der Waals surface area contributed by atoms with Crippen LogP contribution >= 0.6 is 35.3 Å². The largest absolute Gasteiger partial charge is 0.356 e. The van der Waals surface area contributed by atoms with Crippen molar-refractivity contribution < 1.29 is 0 Å². The molecule has 1 fully saturated rings. The Morgan fingerprint density at radius 2 is 2.00 bits per heavy atom. The zero-order chi connectivity index (χ0) is 18.5. The highest BCUT2D eigenvalue weighted by Gasteiger charge is 2.15. The summed E-state index contributed by atoms with van der Waals surface area (Å²) in [6.07, 6.45) is 3.47. The normalized spacial score (nSPS) is 14.4. The van der Waals surface area contributed by atoms with Gasteiger partial charge in [-0.25, -0.2) is 4.98 Å². The van der Waals surface area contributed by atoms with Crippen molar-refractivity contribution in [1.29, 1.82) is 0 Å². The summed E-state index contributed by atoms with van der Waals surface area (Å²) in [4.78, 5) is 11.5. The van der Waals surface area contributed by atoms with Gasteiger partial charge in [-0.2, -0.15) is 5.10 Å². The van der Waals surface area contributed by atoms with Crippen molar-refractivity contribution in [3.05, 3.63) is 28.0 Å². The number of rotatable bonds is 6. The fourth-order valence-corrected chi connectivity index (χ4v) is 4.15. The quantitative estimate of drug-likeness (QED) is 0.361. The minimum absolute atomic E-state index is 0. The number of guanidine groups is 1. The second-order valence-electron chi connectivity index (χ2n) is 6.69. The Hall–Kier alpha value is -1.36. The van der Waals surface area contributed by atoms with Crippen molar-refractivity contribution in [2.24, 2.45) is 12.0 Å². The second-order valence-corrected chi connectivity index (χ2v) is 7.53. The number of nitrogens with one attached hydrogen (secondary N) is 2. The van der Waals surface area contributed by atoms with Gasteiger partial charge in [0.05, 0.1) is 11.4 Å². The van der Waals surface area contributed by atoms with Crippen LogP contribution < -0.4 is 15.5 Å². The van der Waals surface area contributed by atoms with Crippen molar-refractivity contribution in [2.45, 2.75) is 39.7 Å². The van der Waals surface area contributed by atoms with Gasteiger partial charge in [0.1, 0.15) is 0 Å². The van der Waals surface area contributed by atoms with Crippen molar-refractivity contribution in [1.82, 2.24) is 25.4 Å². The molecule has 9 heteroatoms. The number of aryl methyl sites for hydroxylation is 2. The molecule has 1 aliphatic heterocycles. The first-order chi connectivity index (χ1) is 12.6. The van der Waals surface area contributed by atoms with Crippen LogP contribution in [0.25, 0.3) is 0 Å². The van der Waals surface area contributed by atoms with E-state index < -0.39 is 0 Å². The highest BCUT2D eigenvalue weighted by molar-refractivity contribution is 14.0. The Morgan fingerprint density at radius 1 is 1.26 bits per heavy atom. The zero-order valence-electron chi connectivity index (χ0n) is 16.6. The Labute approximate surface area is 182 Å². The Morgan fingerprint density at radius 3 is 2.63 bits per heavy atom. The molecular formula is C18H30IN7S. The number of aliphatic imine (C=N–C) groups is 1. The molecule has 0 spiro atoms. The maximum absolute atomic E-state index is 4.77. The van der Waals surface area contributed by atoms with Gasteiger partial charge in [-0.1, -0.05) is 0 Å². The van der Waals surface area contributed by atoms with Gasteiger partial charge in [-0.15, -0.1) is 35.3 Å². The monoisotopic (exact) mass is 503 g/mol. The average molecular weight is 503 g/mol. The van der Waals surface area contributed by atoms with E-state index in [1.165, 1.54) is 29.2 Å². The van der Waals surface area contributed by atoms with Gasteiger partial charge in [0.15, 0.2) is 11.1 Å². The van der Waals surface area contributed by atoms with Crippen molar-refractivity contribution in [3.8, 4) is 0 Å². The minimum atomic E-state index is 0. The van der Waals surface area contributed by atoms with Crippen LogP contribution in [-0.4, -0.2) is 47.4 Å². The molecule has 0 amide bonds. The van der Waals surface area contributed by atoms with Gasteiger partial charge in [0, 0.05) is 63.3 Å². The smallest absolute Gasteiger partial charge is 0.191 e. The molecule has 7 nitrogen and oxygen atoms in total. The molecule has 0 radical (unpaired) electrons. The molecular weight excluding hydrogens is 473 g/mol. The Kier molecular flexibility index (Phi) is 8.33. The molecule has 1 saturated heterocycles. The predicted molar refractivity (Wildman–Crippen MR) is 124 cm³/mol. The fourth-order valence-electron chi connectivity index (χ4n) is 3.24. The predicted octanol–water partition coefficient (Wildman–Crippen LogP) is 2.62. The number of aromatic nitrogens is 3. The van der Waals surface area contributed by atoms with Gasteiger partial charge in [0.2, 0.25) is 0 Å². The summed E-state index contributed by atoms with van der Waals surface area (Å²) in [5, 5.41) is 14.6. The second kappa shape index (κ2) is 10.3.